The van der Waals surface area contributed by atoms with Gasteiger partial charge in [0.05, 0.1) is 10.9 Å². The molecule has 2 aliphatic heterocycles. The van der Waals surface area contributed by atoms with Crippen molar-refractivity contribution in [2.24, 2.45) is 5.41 Å². The molecule has 4 nitrogen and oxygen atoms in total. The number of anilines is 1. The maximum Gasteiger partial charge on any atom is 0.234 e. The quantitative estimate of drug-likeness (QED) is 0.856. The van der Waals surface area contributed by atoms with E-state index >= 15 is 0 Å². The number of carbonyl (C=O) groups excluding carboxylic acids is 1. The van der Waals surface area contributed by atoms with E-state index in [0.29, 0.717) is 5.91 Å². The summed E-state index contributed by atoms with van der Waals surface area (Å²) in [6, 6.07) is 10.1. The Morgan fingerprint density at radius 3 is 2.67 bits per heavy atom. The minimum Gasteiger partial charge on any atom is -0.312 e. The van der Waals surface area contributed by atoms with E-state index in [9.17, 15) is 4.79 Å². The van der Waals surface area contributed by atoms with Crippen LogP contribution in [0.1, 0.15) is 30.6 Å². The molecule has 126 valence electrons. The molecule has 0 bridgehead atoms. The van der Waals surface area contributed by atoms with Crippen LogP contribution >= 0.6 is 11.3 Å². The Morgan fingerprint density at radius 1 is 1.12 bits per heavy atom. The first-order chi connectivity index (χ1) is 11.8. The standard InChI is InChI=1S/C19H23N3OS/c23-18-19(9-5-11-22(18)16-6-2-1-3-7-16)8-4-10-21(14-19)13-17-12-20-15-24-17/h1-3,6-7,12,15H,4-5,8-11,13-14H2. The summed E-state index contributed by atoms with van der Waals surface area (Å²) in [5, 5.41) is 0. The van der Waals surface area contributed by atoms with Crippen LogP contribution in [0.25, 0.3) is 0 Å². The Labute approximate surface area is 147 Å². The number of nitrogens with zero attached hydrogens (tertiary/aromatic N) is 3. The number of likely N-dealkylation sites (tertiary alicyclic amines) is 1. The van der Waals surface area contributed by atoms with Crippen molar-refractivity contribution in [3.05, 3.63) is 46.9 Å². The van der Waals surface area contributed by atoms with Gasteiger partial charge in [0.2, 0.25) is 5.91 Å². The summed E-state index contributed by atoms with van der Waals surface area (Å²) in [5.74, 6) is 0.328. The molecule has 3 heterocycles. The third kappa shape index (κ3) is 2.98. The highest BCUT2D eigenvalue weighted by Crippen LogP contribution is 2.41. The summed E-state index contributed by atoms with van der Waals surface area (Å²) in [6.45, 7) is 3.73. The number of hydrogen-bond donors (Lipinski definition) is 0. The van der Waals surface area contributed by atoms with E-state index in [1.165, 1.54) is 4.88 Å². The van der Waals surface area contributed by atoms with Crippen molar-refractivity contribution in [2.45, 2.75) is 32.2 Å². The van der Waals surface area contributed by atoms with Crippen molar-refractivity contribution in [2.75, 3.05) is 24.5 Å². The highest BCUT2D eigenvalue weighted by Gasteiger charge is 2.46. The van der Waals surface area contributed by atoms with Crippen LogP contribution in [0.5, 0.6) is 0 Å². The number of aromatic nitrogens is 1. The number of benzene rings is 1. The molecule has 2 aromatic rings. The zero-order valence-corrected chi connectivity index (χ0v) is 14.7. The summed E-state index contributed by atoms with van der Waals surface area (Å²) in [4.78, 5) is 23.3. The van der Waals surface area contributed by atoms with Gasteiger partial charge in [0.1, 0.15) is 0 Å². The van der Waals surface area contributed by atoms with Crippen molar-refractivity contribution >= 4 is 22.9 Å². The maximum atomic E-state index is 13.3. The van der Waals surface area contributed by atoms with Gasteiger partial charge in [-0.3, -0.25) is 14.7 Å². The Balaban J connectivity index is 1.53. The van der Waals surface area contributed by atoms with Crippen LogP contribution in [0.4, 0.5) is 5.69 Å². The average molecular weight is 341 g/mol. The molecule has 1 unspecified atom stereocenters. The van der Waals surface area contributed by atoms with Gasteiger partial charge >= 0.3 is 0 Å². The zero-order chi connectivity index (χ0) is 16.4. The monoisotopic (exact) mass is 341 g/mol. The summed E-state index contributed by atoms with van der Waals surface area (Å²) >= 11 is 1.70. The van der Waals surface area contributed by atoms with Crippen LogP contribution in [0.15, 0.2) is 42.0 Å². The smallest absolute Gasteiger partial charge is 0.234 e. The topological polar surface area (TPSA) is 36.4 Å². The van der Waals surface area contributed by atoms with E-state index in [0.717, 1.165) is 57.5 Å². The predicted octanol–water partition coefficient (Wildman–Crippen LogP) is 3.55. The van der Waals surface area contributed by atoms with Crippen molar-refractivity contribution in [1.82, 2.24) is 9.88 Å². The van der Waals surface area contributed by atoms with Gasteiger partial charge in [-0.05, 0) is 44.4 Å². The van der Waals surface area contributed by atoms with E-state index in [4.69, 9.17) is 0 Å². The number of para-hydroxylation sites is 1. The Hall–Kier alpha value is -1.72. The zero-order valence-electron chi connectivity index (χ0n) is 13.9. The molecule has 0 saturated carbocycles. The Kier molecular flexibility index (Phi) is 4.37. The molecule has 0 N–H and O–H groups in total. The third-order valence-electron chi connectivity index (χ3n) is 5.32. The van der Waals surface area contributed by atoms with Crippen LogP contribution < -0.4 is 4.90 Å². The van der Waals surface area contributed by atoms with Crippen molar-refractivity contribution in [3.63, 3.8) is 0 Å². The number of amides is 1. The first kappa shape index (κ1) is 15.8. The molecule has 0 radical (unpaired) electrons. The van der Waals surface area contributed by atoms with Gasteiger partial charge in [-0.1, -0.05) is 18.2 Å². The first-order valence-corrected chi connectivity index (χ1v) is 9.62. The fourth-order valence-electron chi connectivity index (χ4n) is 4.21. The van der Waals surface area contributed by atoms with Gasteiger partial charge < -0.3 is 4.90 Å². The van der Waals surface area contributed by atoms with Crippen LogP contribution in [-0.4, -0.2) is 35.4 Å². The van der Waals surface area contributed by atoms with E-state index in [1.54, 1.807) is 11.3 Å². The molecule has 5 heteroatoms. The lowest BCUT2D eigenvalue weighted by Crippen LogP contribution is -2.56. The summed E-state index contributed by atoms with van der Waals surface area (Å²) in [6.07, 6.45) is 6.19. The summed E-state index contributed by atoms with van der Waals surface area (Å²) in [7, 11) is 0. The van der Waals surface area contributed by atoms with Gasteiger partial charge in [-0.2, -0.15) is 0 Å². The fraction of sp³-hybridized carbons (Fsp3) is 0.474. The summed E-state index contributed by atoms with van der Waals surface area (Å²) < 4.78 is 0. The normalized spacial score (nSPS) is 25.3. The van der Waals surface area contributed by atoms with E-state index in [-0.39, 0.29) is 5.41 Å². The molecule has 1 spiro atoms. The molecule has 1 aromatic carbocycles. The molecular formula is C19H23N3OS. The SMILES string of the molecule is O=C1N(c2ccccc2)CCCC12CCCN(Cc1cncs1)C2. The second kappa shape index (κ2) is 6.65. The molecule has 2 saturated heterocycles. The summed E-state index contributed by atoms with van der Waals surface area (Å²) in [5.41, 5.74) is 2.73. The molecule has 0 aliphatic carbocycles. The maximum absolute atomic E-state index is 13.3. The molecule has 1 aromatic heterocycles. The van der Waals surface area contributed by atoms with Crippen LogP contribution in [0.2, 0.25) is 0 Å². The number of thiazole rings is 1. The number of hydrogen-bond acceptors (Lipinski definition) is 4. The lowest BCUT2D eigenvalue weighted by atomic mass is 9.73. The highest BCUT2D eigenvalue weighted by atomic mass is 32.1. The van der Waals surface area contributed by atoms with Crippen LogP contribution in [0, 0.1) is 5.41 Å². The lowest BCUT2D eigenvalue weighted by Gasteiger charge is -2.47. The number of rotatable bonds is 3. The second-order valence-corrected chi connectivity index (χ2v) is 7.93. The molecule has 24 heavy (non-hydrogen) atoms. The second-order valence-electron chi connectivity index (χ2n) is 6.96. The lowest BCUT2D eigenvalue weighted by molar-refractivity contribution is -0.134. The predicted molar refractivity (Wildman–Crippen MR) is 97.1 cm³/mol. The van der Waals surface area contributed by atoms with Crippen molar-refractivity contribution in [1.29, 1.82) is 0 Å². The molecular weight excluding hydrogens is 318 g/mol. The van der Waals surface area contributed by atoms with Gasteiger partial charge in [0.25, 0.3) is 0 Å². The third-order valence-corrected chi connectivity index (χ3v) is 6.09. The Bertz CT molecular complexity index is 684. The van der Waals surface area contributed by atoms with Crippen molar-refractivity contribution in [3.8, 4) is 0 Å². The average Bonchev–Trinajstić information content (AvgIpc) is 3.12. The van der Waals surface area contributed by atoms with Crippen LogP contribution in [-0.2, 0) is 11.3 Å². The fourth-order valence-corrected chi connectivity index (χ4v) is 4.84. The largest absolute Gasteiger partial charge is 0.312 e. The number of carbonyl (C=O) groups is 1. The Morgan fingerprint density at radius 2 is 1.92 bits per heavy atom. The van der Waals surface area contributed by atoms with E-state index < -0.39 is 0 Å². The van der Waals surface area contributed by atoms with E-state index in [1.807, 2.05) is 34.8 Å². The van der Waals surface area contributed by atoms with Gasteiger partial charge in [0.15, 0.2) is 0 Å². The minimum atomic E-state index is -0.197. The van der Waals surface area contributed by atoms with Crippen LogP contribution in [0.3, 0.4) is 0 Å². The molecule has 1 atom stereocenters. The molecule has 1 amide bonds. The van der Waals surface area contributed by atoms with Gasteiger partial charge in [-0.25, -0.2) is 0 Å². The first-order valence-electron chi connectivity index (χ1n) is 8.74. The molecule has 4 rings (SSSR count). The highest BCUT2D eigenvalue weighted by molar-refractivity contribution is 7.09. The van der Waals surface area contributed by atoms with E-state index in [2.05, 4.69) is 22.0 Å². The van der Waals surface area contributed by atoms with Crippen molar-refractivity contribution < 1.29 is 4.79 Å². The van der Waals surface area contributed by atoms with Gasteiger partial charge in [-0.15, -0.1) is 11.3 Å². The minimum absolute atomic E-state index is 0.197. The van der Waals surface area contributed by atoms with Gasteiger partial charge in [0, 0.05) is 36.4 Å². The number of piperidine rings is 2. The molecule has 2 fully saturated rings. The molecule has 2 aliphatic rings.